The number of Topliss-reactive ketones (excluding diaryl/α,β-unsaturated/α-hetero) is 2. The number of fused-ring (bicyclic) bond motifs is 2. The quantitative estimate of drug-likeness (QED) is 0.655. The third-order valence-corrected chi connectivity index (χ3v) is 4.89. The van der Waals surface area contributed by atoms with E-state index in [1.807, 2.05) is 24.3 Å². The van der Waals surface area contributed by atoms with E-state index < -0.39 is 0 Å². The molecule has 0 amide bonds. The molecule has 0 spiro atoms. The first-order chi connectivity index (χ1) is 12.6. The van der Waals surface area contributed by atoms with Crippen molar-refractivity contribution in [1.29, 1.82) is 0 Å². The van der Waals surface area contributed by atoms with E-state index in [-0.39, 0.29) is 11.6 Å². The number of hydrogen-bond acceptors (Lipinski definition) is 2. The van der Waals surface area contributed by atoms with Crippen molar-refractivity contribution in [2.24, 2.45) is 0 Å². The van der Waals surface area contributed by atoms with Crippen LogP contribution in [0.25, 0.3) is 12.2 Å². The minimum atomic E-state index is 0.156. The molecule has 2 nitrogen and oxygen atoms in total. The maximum absolute atomic E-state index is 11.3. The second kappa shape index (κ2) is 8.09. The Morgan fingerprint density at radius 2 is 1.42 bits per heavy atom. The van der Waals surface area contributed by atoms with Crippen molar-refractivity contribution < 1.29 is 9.59 Å². The van der Waals surface area contributed by atoms with Crippen LogP contribution in [-0.2, 0) is 12.8 Å². The van der Waals surface area contributed by atoms with Crippen LogP contribution in [-0.4, -0.2) is 11.6 Å². The normalized spacial score (nSPS) is 13.9. The molecular formula is C24H24O2. The van der Waals surface area contributed by atoms with Gasteiger partial charge in [0.25, 0.3) is 0 Å². The maximum atomic E-state index is 11.3. The molecule has 0 fully saturated rings. The summed E-state index contributed by atoms with van der Waals surface area (Å²) in [7, 11) is 0. The van der Waals surface area contributed by atoms with Crippen molar-refractivity contribution in [2.75, 3.05) is 0 Å². The fraction of sp³-hybridized carbons (Fsp3) is 0.250. The van der Waals surface area contributed by atoms with E-state index in [4.69, 9.17) is 0 Å². The summed E-state index contributed by atoms with van der Waals surface area (Å²) in [6, 6.07) is 11.9. The highest BCUT2D eigenvalue weighted by Crippen LogP contribution is 2.23. The molecule has 2 aliphatic rings. The highest BCUT2D eigenvalue weighted by Gasteiger charge is 2.12. The summed E-state index contributed by atoms with van der Waals surface area (Å²) in [5.41, 5.74) is 6.60. The van der Waals surface area contributed by atoms with E-state index >= 15 is 0 Å². The molecule has 0 saturated heterocycles. The minimum absolute atomic E-state index is 0.156. The molecule has 0 unspecified atom stereocenters. The zero-order valence-corrected chi connectivity index (χ0v) is 15.4. The Morgan fingerprint density at radius 1 is 0.769 bits per heavy atom. The van der Waals surface area contributed by atoms with E-state index in [1.165, 1.54) is 16.7 Å². The molecule has 0 saturated carbocycles. The second-order valence-electron chi connectivity index (χ2n) is 6.75. The van der Waals surface area contributed by atoms with Gasteiger partial charge in [0.15, 0.2) is 11.6 Å². The lowest BCUT2D eigenvalue weighted by atomic mass is 9.91. The second-order valence-corrected chi connectivity index (χ2v) is 6.75. The molecule has 132 valence electrons. The first-order valence-electron chi connectivity index (χ1n) is 9.16. The highest BCUT2D eigenvalue weighted by molar-refractivity contribution is 5.98. The molecule has 2 aromatic rings. The van der Waals surface area contributed by atoms with Crippen LogP contribution in [0.5, 0.6) is 0 Å². The van der Waals surface area contributed by atoms with Gasteiger partial charge in [0.05, 0.1) is 0 Å². The first kappa shape index (κ1) is 18.1. The van der Waals surface area contributed by atoms with Crippen molar-refractivity contribution >= 4 is 23.7 Å². The first-order valence-corrected chi connectivity index (χ1v) is 9.16. The van der Waals surface area contributed by atoms with Crippen LogP contribution < -0.4 is 0 Å². The molecule has 4 rings (SSSR count). The van der Waals surface area contributed by atoms with E-state index in [0.29, 0.717) is 0 Å². The Morgan fingerprint density at radius 3 is 2.19 bits per heavy atom. The third-order valence-electron chi connectivity index (χ3n) is 4.89. The summed E-state index contributed by atoms with van der Waals surface area (Å²) in [5, 5.41) is 0. The van der Waals surface area contributed by atoms with Crippen LogP contribution >= 0.6 is 0 Å². The number of carbonyl (C=O) groups is 2. The molecule has 2 heteroatoms. The van der Waals surface area contributed by atoms with Crippen molar-refractivity contribution in [2.45, 2.75) is 39.5 Å². The van der Waals surface area contributed by atoms with Crippen LogP contribution in [0, 0.1) is 0 Å². The standard InChI is InChI=1S/2C12H12O/c2*1-9(13)11-8-4-6-10-5-2-3-7-12(10)11/h3-4,6-8H,2,5H2,1H3;2,4-6,8H,3,7H2,1H3. The summed E-state index contributed by atoms with van der Waals surface area (Å²) in [6.07, 6.45) is 12.7. The van der Waals surface area contributed by atoms with E-state index in [9.17, 15) is 9.59 Å². The molecule has 2 aromatic carbocycles. The van der Waals surface area contributed by atoms with Gasteiger partial charge in [-0.15, -0.1) is 0 Å². The van der Waals surface area contributed by atoms with E-state index in [2.05, 4.69) is 36.4 Å². The molecule has 2 aliphatic carbocycles. The zero-order valence-electron chi connectivity index (χ0n) is 15.4. The fourth-order valence-electron chi connectivity index (χ4n) is 3.58. The zero-order chi connectivity index (χ0) is 18.5. The number of carbonyl (C=O) groups excluding carboxylic acids is 2. The van der Waals surface area contributed by atoms with Crippen molar-refractivity contribution in [1.82, 2.24) is 0 Å². The lowest BCUT2D eigenvalue weighted by molar-refractivity contribution is 0.100. The van der Waals surface area contributed by atoms with Crippen LogP contribution in [0.4, 0.5) is 0 Å². The van der Waals surface area contributed by atoms with Crippen LogP contribution in [0.15, 0.2) is 48.6 Å². The predicted molar refractivity (Wildman–Crippen MR) is 108 cm³/mol. The average molecular weight is 344 g/mol. The number of hydrogen-bond donors (Lipinski definition) is 0. The van der Waals surface area contributed by atoms with Gasteiger partial charge in [-0.25, -0.2) is 0 Å². The van der Waals surface area contributed by atoms with Crippen molar-refractivity contribution in [3.05, 3.63) is 81.9 Å². The lowest BCUT2D eigenvalue weighted by Gasteiger charge is -2.13. The number of benzene rings is 2. The Kier molecular flexibility index (Phi) is 5.62. The summed E-state index contributed by atoms with van der Waals surface area (Å²) in [4.78, 5) is 22.6. The van der Waals surface area contributed by atoms with Gasteiger partial charge >= 0.3 is 0 Å². The molecule has 0 aliphatic heterocycles. The predicted octanol–water partition coefficient (Wildman–Crippen LogP) is 5.70. The van der Waals surface area contributed by atoms with Crippen molar-refractivity contribution in [3.63, 3.8) is 0 Å². The molecular weight excluding hydrogens is 320 g/mol. The molecule has 0 heterocycles. The monoisotopic (exact) mass is 344 g/mol. The van der Waals surface area contributed by atoms with Crippen LogP contribution in [0.1, 0.15) is 69.7 Å². The van der Waals surface area contributed by atoms with E-state index in [1.54, 1.807) is 13.8 Å². The van der Waals surface area contributed by atoms with Gasteiger partial charge in [-0.3, -0.25) is 9.59 Å². The number of allylic oxidation sites excluding steroid dienone is 2. The molecule has 26 heavy (non-hydrogen) atoms. The smallest absolute Gasteiger partial charge is 0.160 e. The van der Waals surface area contributed by atoms with Crippen LogP contribution in [0.2, 0.25) is 0 Å². The summed E-state index contributed by atoms with van der Waals surface area (Å²) >= 11 is 0. The molecule has 0 radical (unpaired) electrons. The Hall–Kier alpha value is -2.74. The summed E-state index contributed by atoms with van der Waals surface area (Å²) in [5.74, 6) is 0.329. The SMILES string of the molecule is CC(=O)c1cccc2c1C=CCC2.CC(=O)c1cccc2c1CCC=C2. The van der Waals surface area contributed by atoms with Gasteiger partial charge < -0.3 is 0 Å². The van der Waals surface area contributed by atoms with Gasteiger partial charge in [-0.1, -0.05) is 60.7 Å². The van der Waals surface area contributed by atoms with Gasteiger partial charge in [-0.05, 0) is 61.8 Å². The third kappa shape index (κ3) is 3.91. The molecule has 0 bridgehead atoms. The number of aryl methyl sites for hydroxylation is 1. The Labute approximate surface area is 155 Å². The Balaban J connectivity index is 0.000000151. The van der Waals surface area contributed by atoms with Gasteiger partial charge in [0, 0.05) is 11.1 Å². The molecule has 0 aromatic heterocycles. The van der Waals surface area contributed by atoms with Gasteiger partial charge in [-0.2, -0.15) is 0 Å². The Bertz CT molecular complexity index is 900. The largest absolute Gasteiger partial charge is 0.295 e. The van der Waals surface area contributed by atoms with Crippen molar-refractivity contribution in [3.8, 4) is 0 Å². The van der Waals surface area contributed by atoms with Gasteiger partial charge in [0.1, 0.15) is 0 Å². The maximum Gasteiger partial charge on any atom is 0.160 e. The lowest BCUT2D eigenvalue weighted by Crippen LogP contribution is -2.03. The minimum Gasteiger partial charge on any atom is -0.295 e. The molecule has 0 N–H and O–H groups in total. The van der Waals surface area contributed by atoms with E-state index in [0.717, 1.165) is 42.4 Å². The summed E-state index contributed by atoms with van der Waals surface area (Å²) < 4.78 is 0. The topological polar surface area (TPSA) is 34.1 Å². The summed E-state index contributed by atoms with van der Waals surface area (Å²) in [6.45, 7) is 3.26. The van der Waals surface area contributed by atoms with Gasteiger partial charge in [0.2, 0.25) is 0 Å². The molecule has 0 atom stereocenters. The number of rotatable bonds is 2. The fourth-order valence-corrected chi connectivity index (χ4v) is 3.58. The average Bonchev–Trinajstić information content (AvgIpc) is 2.67. The van der Waals surface area contributed by atoms with Crippen LogP contribution in [0.3, 0.4) is 0 Å². The number of ketones is 2. The highest BCUT2D eigenvalue weighted by atomic mass is 16.1.